The Kier molecular flexibility index (Phi) is 7.22. The Morgan fingerprint density at radius 2 is 1.69 bits per heavy atom. The zero-order chi connectivity index (χ0) is 29.4. The average Bonchev–Trinajstić information content (AvgIpc) is 3.52. The summed E-state index contributed by atoms with van der Waals surface area (Å²) < 4.78 is 12.5. The molecule has 0 saturated carbocycles. The second-order valence-electron chi connectivity index (χ2n) is 10.0. The number of carbonyl (C=O) groups excluding carboxylic acids is 2. The summed E-state index contributed by atoms with van der Waals surface area (Å²) in [5.41, 5.74) is 3.48. The Morgan fingerprint density at radius 3 is 2.48 bits per heavy atom. The maximum Gasteiger partial charge on any atom is 0.301 e. The van der Waals surface area contributed by atoms with Crippen LogP contribution in [0.2, 0.25) is 0 Å². The van der Waals surface area contributed by atoms with Crippen molar-refractivity contribution in [1.29, 1.82) is 0 Å². The van der Waals surface area contributed by atoms with E-state index in [-0.39, 0.29) is 11.3 Å². The van der Waals surface area contributed by atoms with Gasteiger partial charge in [0.2, 0.25) is 0 Å². The van der Waals surface area contributed by atoms with Crippen LogP contribution in [0.25, 0.3) is 16.0 Å². The number of Topliss-reactive ketones (excluding diaryl/α,β-unsaturated/α-hetero) is 1. The van der Waals surface area contributed by atoms with Crippen LogP contribution in [0.15, 0.2) is 96.6 Å². The first-order valence-corrected chi connectivity index (χ1v) is 14.4. The van der Waals surface area contributed by atoms with E-state index in [2.05, 4.69) is 0 Å². The quantitative estimate of drug-likeness (QED) is 0.121. The topological polar surface area (TPSA) is 89.0 Å². The Morgan fingerprint density at radius 1 is 0.905 bits per heavy atom. The number of fused-ring (bicyclic) bond motifs is 1. The zero-order valence-corrected chi connectivity index (χ0v) is 24.1. The van der Waals surface area contributed by atoms with Crippen LogP contribution in [0.5, 0.6) is 17.2 Å². The van der Waals surface area contributed by atoms with Crippen molar-refractivity contribution in [3.05, 3.63) is 119 Å². The molecule has 5 aromatic rings. The van der Waals surface area contributed by atoms with E-state index in [1.807, 2.05) is 93.6 Å². The van der Waals surface area contributed by atoms with Gasteiger partial charge in [0.1, 0.15) is 23.0 Å². The summed E-state index contributed by atoms with van der Waals surface area (Å²) in [6.45, 7) is 6.20. The van der Waals surface area contributed by atoms with E-state index >= 15 is 0 Å². The molecule has 6 rings (SSSR count). The van der Waals surface area contributed by atoms with Crippen LogP contribution in [0.4, 0.5) is 5.13 Å². The van der Waals surface area contributed by atoms with Gasteiger partial charge in [-0.25, -0.2) is 4.98 Å². The summed E-state index contributed by atoms with van der Waals surface area (Å²) in [4.78, 5) is 33.6. The van der Waals surface area contributed by atoms with Crippen molar-refractivity contribution in [2.45, 2.75) is 26.8 Å². The van der Waals surface area contributed by atoms with Gasteiger partial charge < -0.3 is 14.6 Å². The van der Waals surface area contributed by atoms with Crippen molar-refractivity contribution < 1.29 is 24.2 Å². The van der Waals surface area contributed by atoms with Crippen molar-refractivity contribution >= 4 is 44.1 Å². The minimum absolute atomic E-state index is 0.000164. The minimum atomic E-state index is -0.934. The lowest BCUT2D eigenvalue weighted by Crippen LogP contribution is -2.29. The van der Waals surface area contributed by atoms with E-state index in [1.54, 1.807) is 18.2 Å². The number of aromatic nitrogens is 1. The lowest BCUT2D eigenvalue weighted by Gasteiger charge is -2.23. The number of benzene rings is 4. The van der Waals surface area contributed by atoms with E-state index < -0.39 is 17.7 Å². The molecule has 1 aliphatic heterocycles. The third-order valence-corrected chi connectivity index (χ3v) is 8.13. The van der Waals surface area contributed by atoms with Crippen LogP contribution < -0.4 is 14.4 Å². The first-order valence-electron chi connectivity index (χ1n) is 13.6. The standard InChI is InChI=1S/C34H28N2O5S/c1-4-40-24-15-16-27-28(19-24)42-34(35-27)36-30(22-9-8-12-25(18-22)41-23-10-6-5-7-11-23)29(32(38)33(36)39)31(37)26-17-20(2)13-14-21(26)3/h5-19,30,37H,4H2,1-3H3. The van der Waals surface area contributed by atoms with Gasteiger partial charge >= 0.3 is 5.91 Å². The lowest BCUT2D eigenvalue weighted by atomic mass is 9.93. The maximum absolute atomic E-state index is 13.8. The molecule has 0 bridgehead atoms. The number of rotatable bonds is 7. The predicted octanol–water partition coefficient (Wildman–Crippen LogP) is 7.73. The summed E-state index contributed by atoms with van der Waals surface area (Å²) >= 11 is 1.29. The Hall–Kier alpha value is -4.95. The van der Waals surface area contributed by atoms with Gasteiger partial charge in [0.25, 0.3) is 5.78 Å². The molecular weight excluding hydrogens is 548 g/mol. The fraction of sp³-hybridized carbons (Fsp3) is 0.147. The first kappa shape index (κ1) is 27.2. The number of hydrogen-bond acceptors (Lipinski definition) is 7. The number of carbonyl (C=O) groups is 2. The van der Waals surface area contributed by atoms with Gasteiger partial charge in [0.15, 0.2) is 5.13 Å². The number of para-hydroxylation sites is 1. The van der Waals surface area contributed by atoms with E-state index in [0.717, 1.165) is 15.8 Å². The molecule has 7 nitrogen and oxygen atoms in total. The van der Waals surface area contributed by atoms with Gasteiger partial charge in [-0.3, -0.25) is 14.5 Å². The number of aryl methyl sites for hydroxylation is 2. The Bertz CT molecular complexity index is 1860. The molecular formula is C34H28N2O5S. The van der Waals surface area contributed by atoms with Crippen molar-refractivity contribution in [1.82, 2.24) is 4.98 Å². The van der Waals surface area contributed by atoms with Crippen LogP contribution in [0.1, 0.15) is 35.2 Å². The van der Waals surface area contributed by atoms with Crippen LogP contribution in [0, 0.1) is 13.8 Å². The molecule has 4 aromatic carbocycles. The molecule has 0 radical (unpaired) electrons. The number of ketones is 1. The number of anilines is 1. The normalized spacial score (nSPS) is 16.3. The average molecular weight is 577 g/mol. The van der Waals surface area contributed by atoms with Gasteiger partial charge in [-0.05, 0) is 80.4 Å². The number of aliphatic hydroxyl groups is 1. The molecule has 8 heteroatoms. The lowest BCUT2D eigenvalue weighted by molar-refractivity contribution is -0.132. The first-order chi connectivity index (χ1) is 20.3. The number of hydrogen-bond donors (Lipinski definition) is 1. The highest BCUT2D eigenvalue weighted by molar-refractivity contribution is 7.22. The molecule has 1 aliphatic rings. The predicted molar refractivity (Wildman–Crippen MR) is 164 cm³/mol. The van der Waals surface area contributed by atoms with Crippen molar-refractivity contribution in [2.24, 2.45) is 0 Å². The highest BCUT2D eigenvalue weighted by Gasteiger charge is 2.48. The van der Waals surface area contributed by atoms with Gasteiger partial charge in [-0.1, -0.05) is 59.4 Å². The van der Waals surface area contributed by atoms with Crippen molar-refractivity contribution in [2.75, 3.05) is 11.5 Å². The summed E-state index contributed by atoms with van der Waals surface area (Å²) in [6, 6.07) is 26.8. The molecule has 1 amide bonds. The third-order valence-electron chi connectivity index (χ3n) is 7.11. The van der Waals surface area contributed by atoms with Gasteiger partial charge in [0, 0.05) is 5.56 Å². The summed E-state index contributed by atoms with van der Waals surface area (Å²) in [5, 5.41) is 12.0. The summed E-state index contributed by atoms with van der Waals surface area (Å²) in [6.07, 6.45) is 0. The number of ether oxygens (including phenoxy) is 2. The number of aliphatic hydroxyl groups excluding tert-OH is 1. The summed E-state index contributed by atoms with van der Waals surface area (Å²) in [7, 11) is 0. The molecule has 1 fully saturated rings. The second-order valence-corrected chi connectivity index (χ2v) is 11.0. The molecule has 0 spiro atoms. The van der Waals surface area contributed by atoms with Gasteiger partial charge in [-0.2, -0.15) is 0 Å². The molecule has 1 aromatic heterocycles. The molecule has 42 heavy (non-hydrogen) atoms. The van der Waals surface area contributed by atoms with Crippen molar-refractivity contribution in [3.8, 4) is 17.2 Å². The molecule has 1 N–H and O–H groups in total. The van der Waals surface area contributed by atoms with Crippen LogP contribution in [-0.2, 0) is 9.59 Å². The number of thiazole rings is 1. The summed E-state index contributed by atoms with van der Waals surface area (Å²) in [5.74, 6) is 0.111. The molecule has 210 valence electrons. The fourth-order valence-electron chi connectivity index (χ4n) is 5.11. The fourth-order valence-corrected chi connectivity index (χ4v) is 6.13. The monoisotopic (exact) mass is 576 g/mol. The van der Waals surface area contributed by atoms with Crippen LogP contribution in [0.3, 0.4) is 0 Å². The van der Waals surface area contributed by atoms with E-state index in [9.17, 15) is 14.7 Å². The molecule has 1 saturated heterocycles. The highest BCUT2D eigenvalue weighted by atomic mass is 32.1. The largest absolute Gasteiger partial charge is 0.507 e. The van der Waals surface area contributed by atoms with Crippen LogP contribution >= 0.6 is 11.3 Å². The smallest absolute Gasteiger partial charge is 0.301 e. The Balaban J connectivity index is 1.53. The third kappa shape index (κ3) is 5.01. The highest BCUT2D eigenvalue weighted by Crippen LogP contribution is 2.45. The number of amides is 1. The molecule has 1 atom stereocenters. The molecule has 0 aliphatic carbocycles. The Labute approximate surface area is 247 Å². The van der Waals surface area contributed by atoms with Gasteiger partial charge in [-0.15, -0.1) is 0 Å². The van der Waals surface area contributed by atoms with Crippen LogP contribution in [-0.4, -0.2) is 28.4 Å². The zero-order valence-electron chi connectivity index (χ0n) is 23.3. The van der Waals surface area contributed by atoms with Crippen molar-refractivity contribution in [3.63, 3.8) is 0 Å². The second kappa shape index (κ2) is 11.1. The SMILES string of the molecule is CCOc1ccc2nc(N3C(=O)C(=O)C(=C(O)c4cc(C)ccc4C)C3c3cccc(Oc4ccccc4)c3)sc2c1. The minimum Gasteiger partial charge on any atom is -0.507 e. The van der Waals surface area contributed by atoms with E-state index in [4.69, 9.17) is 14.5 Å². The van der Waals surface area contributed by atoms with E-state index in [1.165, 1.54) is 16.2 Å². The molecule has 2 heterocycles. The van der Waals surface area contributed by atoms with E-state index in [0.29, 0.717) is 45.6 Å². The maximum atomic E-state index is 13.8. The van der Waals surface area contributed by atoms with Gasteiger partial charge in [0.05, 0.1) is 28.4 Å². The molecule has 1 unspecified atom stereocenters. The number of nitrogens with zero attached hydrogens (tertiary/aromatic N) is 2.